The van der Waals surface area contributed by atoms with Gasteiger partial charge >= 0.3 is 0 Å². The quantitative estimate of drug-likeness (QED) is 0.724. The Balaban J connectivity index is 1.60. The Bertz CT molecular complexity index is 806. The van der Waals surface area contributed by atoms with Crippen molar-refractivity contribution in [1.29, 1.82) is 0 Å². The van der Waals surface area contributed by atoms with Gasteiger partial charge in [-0.25, -0.2) is 9.67 Å². The molecule has 0 aromatic carbocycles. The van der Waals surface area contributed by atoms with Gasteiger partial charge in [0, 0.05) is 25.5 Å². The molecule has 4 heterocycles. The predicted molar refractivity (Wildman–Crippen MR) is 85.4 cm³/mol. The molecule has 1 fully saturated rings. The lowest BCUT2D eigenvalue weighted by atomic mass is 10.2. The van der Waals surface area contributed by atoms with Crippen LogP contribution in [0.3, 0.4) is 0 Å². The van der Waals surface area contributed by atoms with E-state index in [2.05, 4.69) is 32.2 Å². The van der Waals surface area contributed by atoms with Crippen molar-refractivity contribution >= 4 is 0 Å². The summed E-state index contributed by atoms with van der Waals surface area (Å²) >= 11 is 0. The number of hydrogen-bond donors (Lipinski definition) is 0. The Morgan fingerprint density at radius 2 is 2.08 bits per heavy atom. The summed E-state index contributed by atoms with van der Waals surface area (Å²) in [4.78, 5) is 11.2. The van der Waals surface area contributed by atoms with Gasteiger partial charge in [0.2, 0.25) is 5.82 Å². The lowest BCUT2D eigenvalue weighted by Crippen LogP contribution is -2.40. The zero-order valence-corrected chi connectivity index (χ0v) is 13.5. The van der Waals surface area contributed by atoms with Crippen molar-refractivity contribution in [2.24, 2.45) is 0 Å². The zero-order valence-electron chi connectivity index (χ0n) is 13.5. The summed E-state index contributed by atoms with van der Waals surface area (Å²) in [5, 5.41) is 8.24. The van der Waals surface area contributed by atoms with E-state index < -0.39 is 0 Å². The first-order chi connectivity index (χ1) is 11.7. The van der Waals surface area contributed by atoms with Crippen molar-refractivity contribution in [2.75, 3.05) is 20.1 Å². The molecular formula is C16H18N6O2. The molecule has 0 amide bonds. The largest absolute Gasteiger partial charge is 0.363 e. The molecular weight excluding hydrogens is 308 g/mol. The van der Waals surface area contributed by atoms with Crippen LogP contribution in [0.1, 0.15) is 18.9 Å². The first-order valence-electron chi connectivity index (χ1n) is 7.84. The van der Waals surface area contributed by atoms with E-state index in [1.165, 1.54) is 0 Å². The second-order valence-electron chi connectivity index (χ2n) is 5.94. The number of morpholine rings is 1. The zero-order chi connectivity index (χ0) is 16.5. The number of likely N-dealkylation sites (N-methyl/N-ethyl adjacent to an activating group) is 1. The molecule has 0 aliphatic carbocycles. The van der Waals surface area contributed by atoms with Crippen molar-refractivity contribution < 1.29 is 9.26 Å². The molecule has 0 saturated carbocycles. The van der Waals surface area contributed by atoms with Crippen LogP contribution < -0.4 is 0 Å². The van der Waals surface area contributed by atoms with Crippen LogP contribution in [0.15, 0.2) is 41.2 Å². The molecule has 1 saturated heterocycles. The van der Waals surface area contributed by atoms with Crippen LogP contribution in [-0.2, 0) is 4.74 Å². The molecule has 124 valence electrons. The van der Waals surface area contributed by atoms with Gasteiger partial charge < -0.3 is 14.2 Å². The van der Waals surface area contributed by atoms with E-state index in [0.717, 1.165) is 13.1 Å². The Morgan fingerprint density at radius 3 is 2.88 bits per heavy atom. The number of pyridine rings is 1. The van der Waals surface area contributed by atoms with Crippen molar-refractivity contribution in [1.82, 2.24) is 29.8 Å². The van der Waals surface area contributed by atoms with Gasteiger partial charge in [0.25, 0.3) is 5.89 Å². The van der Waals surface area contributed by atoms with Crippen molar-refractivity contribution in [3.8, 4) is 17.3 Å². The number of hydrogen-bond acceptors (Lipinski definition) is 7. The maximum absolute atomic E-state index is 5.90. The van der Waals surface area contributed by atoms with E-state index in [-0.39, 0.29) is 12.2 Å². The third-order valence-corrected chi connectivity index (χ3v) is 3.86. The Hall–Kier alpha value is -2.58. The normalized spacial score (nSPS) is 21.9. The fourth-order valence-electron chi connectivity index (χ4n) is 2.85. The van der Waals surface area contributed by atoms with E-state index in [4.69, 9.17) is 9.26 Å². The third kappa shape index (κ3) is 2.93. The summed E-state index contributed by atoms with van der Waals surface area (Å²) < 4.78 is 13.0. The van der Waals surface area contributed by atoms with Gasteiger partial charge in [0.15, 0.2) is 5.82 Å². The Morgan fingerprint density at radius 1 is 1.17 bits per heavy atom. The third-order valence-electron chi connectivity index (χ3n) is 3.86. The fourth-order valence-corrected chi connectivity index (χ4v) is 2.85. The van der Waals surface area contributed by atoms with E-state index in [1.807, 2.05) is 37.4 Å². The molecule has 1 aliphatic rings. The first kappa shape index (κ1) is 15.0. The van der Waals surface area contributed by atoms with E-state index >= 15 is 0 Å². The van der Waals surface area contributed by atoms with Crippen LogP contribution in [0.25, 0.3) is 17.3 Å². The molecule has 0 bridgehead atoms. The van der Waals surface area contributed by atoms with E-state index in [0.29, 0.717) is 23.2 Å². The molecule has 8 nitrogen and oxygen atoms in total. The number of aromatic nitrogens is 5. The standard InChI is InChI=1S/C16H18N6O2/c1-11-9-21(2)10-13(23-11)16-19-15(20-24-16)12-5-3-6-14(18-12)22-8-4-7-17-22/h3-8,11,13H,9-10H2,1-2H3/t11-,13-/m1/s1. The highest BCUT2D eigenvalue weighted by Gasteiger charge is 2.29. The van der Waals surface area contributed by atoms with Crippen LogP contribution >= 0.6 is 0 Å². The summed E-state index contributed by atoms with van der Waals surface area (Å²) in [6.07, 6.45) is 3.46. The average Bonchev–Trinajstić information content (AvgIpc) is 3.26. The summed E-state index contributed by atoms with van der Waals surface area (Å²) in [6, 6.07) is 7.46. The highest BCUT2D eigenvalue weighted by molar-refractivity contribution is 5.50. The summed E-state index contributed by atoms with van der Waals surface area (Å²) in [5.74, 6) is 1.63. The highest BCUT2D eigenvalue weighted by atomic mass is 16.5. The van der Waals surface area contributed by atoms with Crippen molar-refractivity contribution in [2.45, 2.75) is 19.1 Å². The highest BCUT2D eigenvalue weighted by Crippen LogP contribution is 2.25. The molecule has 0 N–H and O–H groups in total. The van der Waals surface area contributed by atoms with Crippen LogP contribution in [0, 0.1) is 0 Å². The average molecular weight is 326 g/mol. The molecule has 2 atom stereocenters. The minimum Gasteiger partial charge on any atom is -0.363 e. The molecule has 0 radical (unpaired) electrons. The maximum Gasteiger partial charge on any atom is 0.257 e. The monoisotopic (exact) mass is 326 g/mol. The van der Waals surface area contributed by atoms with Gasteiger partial charge in [-0.1, -0.05) is 11.2 Å². The van der Waals surface area contributed by atoms with Crippen molar-refractivity contribution in [3.63, 3.8) is 0 Å². The SMILES string of the molecule is C[C@@H]1CN(C)C[C@H](c2nc(-c3cccc(-n4cccn4)n3)no2)O1. The van der Waals surface area contributed by atoms with Gasteiger partial charge in [-0.2, -0.15) is 10.1 Å². The minimum atomic E-state index is -0.214. The second-order valence-corrected chi connectivity index (χ2v) is 5.94. The Labute approximate surface area is 139 Å². The van der Waals surface area contributed by atoms with Crippen molar-refractivity contribution in [3.05, 3.63) is 42.5 Å². The van der Waals surface area contributed by atoms with E-state index in [9.17, 15) is 0 Å². The molecule has 0 spiro atoms. The molecule has 0 unspecified atom stereocenters. The summed E-state index contributed by atoms with van der Waals surface area (Å²) in [5.41, 5.74) is 0.634. The van der Waals surface area contributed by atoms with Gasteiger partial charge in [0.1, 0.15) is 11.8 Å². The lowest BCUT2D eigenvalue weighted by molar-refractivity contribution is -0.0838. The van der Waals surface area contributed by atoms with Gasteiger partial charge in [-0.05, 0) is 32.2 Å². The smallest absolute Gasteiger partial charge is 0.257 e. The lowest BCUT2D eigenvalue weighted by Gasteiger charge is -2.32. The Kier molecular flexibility index (Phi) is 3.83. The van der Waals surface area contributed by atoms with Gasteiger partial charge in [-0.15, -0.1) is 0 Å². The van der Waals surface area contributed by atoms with Crippen LogP contribution in [-0.4, -0.2) is 56.0 Å². The van der Waals surface area contributed by atoms with E-state index in [1.54, 1.807) is 10.9 Å². The molecule has 8 heteroatoms. The predicted octanol–water partition coefficient (Wildman–Crippen LogP) is 1.71. The van der Waals surface area contributed by atoms with Gasteiger partial charge in [-0.3, -0.25) is 0 Å². The topological polar surface area (TPSA) is 82.1 Å². The second kappa shape index (κ2) is 6.14. The minimum absolute atomic E-state index is 0.130. The number of ether oxygens (including phenoxy) is 1. The van der Waals surface area contributed by atoms with Gasteiger partial charge in [0.05, 0.1) is 6.10 Å². The molecule has 3 aromatic heterocycles. The van der Waals surface area contributed by atoms with Crippen LogP contribution in [0.5, 0.6) is 0 Å². The van der Waals surface area contributed by atoms with Crippen LogP contribution in [0.4, 0.5) is 0 Å². The molecule has 3 aromatic rings. The molecule has 1 aliphatic heterocycles. The molecule has 24 heavy (non-hydrogen) atoms. The fraction of sp³-hybridized carbons (Fsp3) is 0.375. The number of rotatable bonds is 3. The maximum atomic E-state index is 5.90. The van der Waals surface area contributed by atoms with Crippen LogP contribution in [0.2, 0.25) is 0 Å². The summed E-state index contributed by atoms with van der Waals surface area (Å²) in [7, 11) is 2.05. The summed E-state index contributed by atoms with van der Waals surface area (Å²) in [6.45, 7) is 3.66. The first-order valence-corrected chi connectivity index (χ1v) is 7.84. The molecule has 4 rings (SSSR count). The number of nitrogens with zero attached hydrogens (tertiary/aromatic N) is 6.